The Kier molecular flexibility index (Phi) is 5.35. The molecule has 1 atom stereocenters. The Balaban J connectivity index is 1.75. The largest absolute Gasteiger partial charge is 0.355 e. The Morgan fingerprint density at radius 2 is 2.37 bits per heavy atom. The molecule has 1 amide bonds. The van der Waals surface area contributed by atoms with Gasteiger partial charge in [0.2, 0.25) is 5.91 Å². The van der Waals surface area contributed by atoms with Crippen molar-refractivity contribution >= 4 is 5.91 Å². The van der Waals surface area contributed by atoms with Gasteiger partial charge in [-0.25, -0.2) is 0 Å². The van der Waals surface area contributed by atoms with Crippen molar-refractivity contribution in [2.24, 2.45) is 11.7 Å². The number of likely N-dealkylation sites (tertiary alicyclic amines) is 1. The van der Waals surface area contributed by atoms with E-state index in [1.54, 1.807) is 6.20 Å². The van der Waals surface area contributed by atoms with Crippen LogP contribution in [0.2, 0.25) is 0 Å². The number of hydrogen-bond acceptors (Lipinski definition) is 4. The second kappa shape index (κ2) is 7.25. The molecule has 0 saturated carbocycles. The van der Waals surface area contributed by atoms with E-state index in [9.17, 15) is 4.79 Å². The number of aromatic nitrogens is 2. The molecule has 0 spiro atoms. The molecule has 2 rings (SSSR count). The van der Waals surface area contributed by atoms with E-state index in [4.69, 9.17) is 5.73 Å². The first-order chi connectivity index (χ1) is 9.29. The molecular weight excluding hydrogens is 242 g/mol. The minimum absolute atomic E-state index is 0.109. The van der Waals surface area contributed by atoms with Crippen LogP contribution in [0.5, 0.6) is 0 Å². The smallest absolute Gasteiger partial charge is 0.224 e. The Hall–Kier alpha value is -1.40. The average molecular weight is 265 g/mol. The molecule has 1 aliphatic heterocycles. The highest BCUT2D eigenvalue weighted by Crippen LogP contribution is 2.16. The first kappa shape index (κ1) is 14.0. The molecule has 0 aromatic carbocycles. The fourth-order valence-electron chi connectivity index (χ4n) is 2.49. The lowest BCUT2D eigenvalue weighted by Crippen LogP contribution is -2.44. The van der Waals surface area contributed by atoms with Gasteiger partial charge in [-0.3, -0.25) is 9.48 Å². The molecule has 0 radical (unpaired) electrons. The number of amides is 1. The predicted molar refractivity (Wildman–Crippen MR) is 73.5 cm³/mol. The van der Waals surface area contributed by atoms with Crippen LogP contribution in [0.4, 0.5) is 0 Å². The SMILES string of the molecule is NCCNC(=O)C1CCCN(CCn2cccn2)C1. The highest BCUT2D eigenvalue weighted by molar-refractivity contribution is 5.78. The van der Waals surface area contributed by atoms with Gasteiger partial charge in [0.15, 0.2) is 0 Å². The van der Waals surface area contributed by atoms with Crippen molar-refractivity contribution < 1.29 is 4.79 Å². The summed E-state index contributed by atoms with van der Waals surface area (Å²) in [4.78, 5) is 14.3. The molecule has 0 aliphatic carbocycles. The summed E-state index contributed by atoms with van der Waals surface area (Å²) in [5.74, 6) is 0.257. The molecule has 106 valence electrons. The molecule has 19 heavy (non-hydrogen) atoms. The van der Waals surface area contributed by atoms with Crippen molar-refractivity contribution in [1.29, 1.82) is 0 Å². The summed E-state index contributed by atoms with van der Waals surface area (Å²) >= 11 is 0. The van der Waals surface area contributed by atoms with Gasteiger partial charge in [0.1, 0.15) is 0 Å². The van der Waals surface area contributed by atoms with Crippen LogP contribution in [0, 0.1) is 5.92 Å². The van der Waals surface area contributed by atoms with E-state index in [1.165, 1.54) is 0 Å². The Morgan fingerprint density at radius 1 is 1.47 bits per heavy atom. The van der Waals surface area contributed by atoms with Crippen LogP contribution in [0.1, 0.15) is 12.8 Å². The quantitative estimate of drug-likeness (QED) is 0.738. The van der Waals surface area contributed by atoms with E-state index in [0.717, 1.165) is 39.0 Å². The Morgan fingerprint density at radius 3 is 3.11 bits per heavy atom. The fourth-order valence-corrected chi connectivity index (χ4v) is 2.49. The van der Waals surface area contributed by atoms with Gasteiger partial charge in [0.05, 0.1) is 12.5 Å². The van der Waals surface area contributed by atoms with E-state index < -0.39 is 0 Å². The van der Waals surface area contributed by atoms with E-state index in [-0.39, 0.29) is 11.8 Å². The average Bonchev–Trinajstić information content (AvgIpc) is 2.96. The fraction of sp³-hybridized carbons (Fsp3) is 0.692. The van der Waals surface area contributed by atoms with Gasteiger partial charge in [0.25, 0.3) is 0 Å². The van der Waals surface area contributed by atoms with Crippen molar-refractivity contribution in [2.75, 3.05) is 32.7 Å². The van der Waals surface area contributed by atoms with Crippen molar-refractivity contribution in [3.8, 4) is 0 Å². The van der Waals surface area contributed by atoms with Crippen LogP contribution in [-0.4, -0.2) is 53.3 Å². The molecule has 6 nitrogen and oxygen atoms in total. The summed E-state index contributed by atoms with van der Waals surface area (Å²) < 4.78 is 1.93. The van der Waals surface area contributed by atoms with Crippen LogP contribution < -0.4 is 11.1 Å². The predicted octanol–water partition coefficient (Wildman–Crippen LogP) is -0.330. The van der Waals surface area contributed by atoms with Gasteiger partial charge >= 0.3 is 0 Å². The third-order valence-electron chi connectivity index (χ3n) is 3.52. The van der Waals surface area contributed by atoms with Crippen molar-refractivity contribution in [1.82, 2.24) is 20.0 Å². The molecule has 1 aliphatic rings. The number of nitrogens with zero attached hydrogens (tertiary/aromatic N) is 3. The van der Waals surface area contributed by atoms with Gasteiger partial charge in [-0.1, -0.05) is 0 Å². The van der Waals surface area contributed by atoms with E-state index in [2.05, 4.69) is 15.3 Å². The van der Waals surface area contributed by atoms with Crippen LogP contribution in [-0.2, 0) is 11.3 Å². The summed E-state index contributed by atoms with van der Waals surface area (Å²) in [6.07, 6.45) is 5.82. The number of nitrogens with one attached hydrogen (secondary N) is 1. The number of hydrogen-bond donors (Lipinski definition) is 2. The van der Waals surface area contributed by atoms with Crippen LogP contribution in [0.25, 0.3) is 0 Å². The van der Waals surface area contributed by atoms with E-state index in [1.807, 2.05) is 16.9 Å². The lowest BCUT2D eigenvalue weighted by Gasteiger charge is -2.31. The second-order valence-electron chi connectivity index (χ2n) is 4.99. The number of rotatable bonds is 6. The third-order valence-corrected chi connectivity index (χ3v) is 3.52. The molecule has 1 aromatic heterocycles. The summed E-state index contributed by atoms with van der Waals surface area (Å²) in [5.41, 5.74) is 5.40. The first-order valence-corrected chi connectivity index (χ1v) is 6.97. The van der Waals surface area contributed by atoms with Crippen LogP contribution in [0.3, 0.4) is 0 Å². The van der Waals surface area contributed by atoms with Gasteiger partial charge in [-0.2, -0.15) is 5.10 Å². The van der Waals surface area contributed by atoms with Gasteiger partial charge in [-0.15, -0.1) is 0 Å². The van der Waals surface area contributed by atoms with Crippen LogP contribution >= 0.6 is 0 Å². The minimum Gasteiger partial charge on any atom is -0.355 e. The molecule has 3 N–H and O–H groups in total. The number of piperidine rings is 1. The molecule has 2 heterocycles. The van der Waals surface area contributed by atoms with Crippen molar-refractivity contribution in [3.63, 3.8) is 0 Å². The third kappa shape index (κ3) is 4.33. The van der Waals surface area contributed by atoms with Crippen LogP contribution in [0.15, 0.2) is 18.5 Å². The maximum atomic E-state index is 11.9. The molecule has 1 aromatic rings. The zero-order valence-electron chi connectivity index (χ0n) is 11.3. The maximum Gasteiger partial charge on any atom is 0.224 e. The standard InChI is InChI=1S/C13H23N5O/c14-4-6-15-13(19)12-3-1-7-17(11-12)9-10-18-8-2-5-16-18/h2,5,8,12H,1,3-4,6-7,9-11,14H2,(H,15,19). The maximum absolute atomic E-state index is 11.9. The summed E-state index contributed by atoms with van der Waals surface area (Å²) in [7, 11) is 0. The summed E-state index contributed by atoms with van der Waals surface area (Å²) in [6.45, 7) is 4.82. The highest BCUT2D eigenvalue weighted by Gasteiger charge is 2.25. The first-order valence-electron chi connectivity index (χ1n) is 6.97. The van der Waals surface area contributed by atoms with Crippen molar-refractivity contribution in [3.05, 3.63) is 18.5 Å². The Labute approximate surface area is 113 Å². The number of nitrogens with two attached hydrogens (primary N) is 1. The zero-order chi connectivity index (χ0) is 13.5. The topological polar surface area (TPSA) is 76.2 Å². The molecule has 6 heteroatoms. The van der Waals surface area contributed by atoms with Gasteiger partial charge < -0.3 is 16.0 Å². The monoisotopic (exact) mass is 265 g/mol. The highest BCUT2D eigenvalue weighted by atomic mass is 16.1. The zero-order valence-corrected chi connectivity index (χ0v) is 11.3. The second-order valence-corrected chi connectivity index (χ2v) is 4.99. The minimum atomic E-state index is 0.109. The lowest BCUT2D eigenvalue weighted by atomic mass is 9.97. The normalized spacial score (nSPS) is 20.4. The Bertz CT molecular complexity index is 378. The van der Waals surface area contributed by atoms with Gasteiger partial charge in [0, 0.05) is 38.6 Å². The van der Waals surface area contributed by atoms with E-state index >= 15 is 0 Å². The molecule has 1 saturated heterocycles. The number of carbonyl (C=O) groups excluding carboxylic acids is 1. The van der Waals surface area contributed by atoms with E-state index in [0.29, 0.717) is 13.1 Å². The lowest BCUT2D eigenvalue weighted by molar-refractivity contribution is -0.126. The molecular formula is C13H23N5O. The molecule has 1 fully saturated rings. The van der Waals surface area contributed by atoms with Gasteiger partial charge in [-0.05, 0) is 25.5 Å². The number of carbonyl (C=O) groups is 1. The molecule has 1 unspecified atom stereocenters. The van der Waals surface area contributed by atoms with Crippen molar-refractivity contribution in [2.45, 2.75) is 19.4 Å². The summed E-state index contributed by atoms with van der Waals surface area (Å²) in [5, 5.41) is 7.08. The summed E-state index contributed by atoms with van der Waals surface area (Å²) in [6, 6.07) is 1.93. The molecule has 0 bridgehead atoms.